The van der Waals surface area contributed by atoms with Crippen LogP contribution in [0, 0.1) is 5.92 Å². The lowest BCUT2D eigenvalue weighted by Crippen LogP contribution is -2.44. The van der Waals surface area contributed by atoms with E-state index < -0.39 is 0 Å². The van der Waals surface area contributed by atoms with Crippen LogP contribution >= 0.6 is 15.9 Å². The molecule has 0 aromatic heterocycles. The molecule has 2 rings (SSSR count). The van der Waals surface area contributed by atoms with Crippen molar-refractivity contribution in [3.05, 3.63) is 34.3 Å². The minimum absolute atomic E-state index is 0.0728. The van der Waals surface area contributed by atoms with Crippen molar-refractivity contribution in [2.45, 2.75) is 19.4 Å². The number of amides is 1. The highest BCUT2D eigenvalue weighted by atomic mass is 79.9. The number of hydrogen-bond donors (Lipinski definition) is 2. The van der Waals surface area contributed by atoms with E-state index in [1.54, 1.807) is 0 Å². The van der Waals surface area contributed by atoms with Crippen molar-refractivity contribution in [2.24, 2.45) is 5.92 Å². The molecule has 1 amide bonds. The Labute approximate surface area is 110 Å². The van der Waals surface area contributed by atoms with Gasteiger partial charge in [0.25, 0.3) is 0 Å². The van der Waals surface area contributed by atoms with Crippen molar-refractivity contribution in [2.75, 3.05) is 13.1 Å². The van der Waals surface area contributed by atoms with Gasteiger partial charge in [0, 0.05) is 10.9 Å². The third-order valence-corrected chi connectivity index (χ3v) is 3.62. The quantitative estimate of drug-likeness (QED) is 0.895. The molecule has 3 nitrogen and oxygen atoms in total. The summed E-state index contributed by atoms with van der Waals surface area (Å²) in [5.74, 6) is 0.666. The normalized spacial score (nSPS) is 17.3. The summed E-state index contributed by atoms with van der Waals surface area (Å²) < 4.78 is 1.06. The van der Waals surface area contributed by atoms with Crippen LogP contribution in [0.25, 0.3) is 0 Å². The van der Waals surface area contributed by atoms with E-state index in [2.05, 4.69) is 26.6 Å². The minimum atomic E-state index is 0.0728. The van der Waals surface area contributed by atoms with Crippen LogP contribution in [0.15, 0.2) is 28.7 Å². The lowest BCUT2D eigenvalue weighted by molar-refractivity contribution is -0.123. The van der Waals surface area contributed by atoms with Crippen LogP contribution in [-0.4, -0.2) is 19.0 Å². The van der Waals surface area contributed by atoms with Gasteiger partial charge in [0.2, 0.25) is 5.91 Å². The van der Waals surface area contributed by atoms with Crippen LogP contribution in [0.2, 0.25) is 0 Å². The summed E-state index contributed by atoms with van der Waals surface area (Å²) in [6.07, 6.45) is 0.633. The summed E-state index contributed by atoms with van der Waals surface area (Å²) in [7, 11) is 0. The van der Waals surface area contributed by atoms with E-state index in [-0.39, 0.29) is 11.9 Å². The molecule has 17 heavy (non-hydrogen) atoms. The summed E-state index contributed by atoms with van der Waals surface area (Å²) in [5, 5.41) is 6.21. The third-order valence-electron chi connectivity index (χ3n) is 3.09. The molecular formula is C13H17BrN2O. The molecule has 1 fully saturated rings. The second-order valence-corrected chi connectivity index (χ2v) is 5.48. The van der Waals surface area contributed by atoms with Gasteiger partial charge in [-0.3, -0.25) is 4.79 Å². The summed E-state index contributed by atoms with van der Waals surface area (Å²) in [6, 6.07) is 8.12. The zero-order valence-electron chi connectivity index (χ0n) is 9.87. The first-order valence-electron chi connectivity index (χ1n) is 5.90. The zero-order valence-corrected chi connectivity index (χ0v) is 11.5. The predicted molar refractivity (Wildman–Crippen MR) is 71.7 cm³/mol. The number of halogens is 1. The molecule has 0 saturated carbocycles. The van der Waals surface area contributed by atoms with Crippen molar-refractivity contribution in [3.8, 4) is 0 Å². The highest BCUT2D eigenvalue weighted by Gasteiger charge is 2.20. The molecular weight excluding hydrogens is 280 g/mol. The third kappa shape index (κ3) is 3.54. The fourth-order valence-electron chi connectivity index (χ4n) is 1.89. The molecule has 0 radical (unpaired) electrons. The highest BCUT2D eigenvalue weighted by Crippen LogP contribution is 2.17. The summed E-state index contributed by atoms with van der Waals surface area (Å²) in [4.78, 5) is 11.7. The number of hydrogen-bond acceptors (Lipinski definition) is 2. The Morgan fingerprint density at radius 3 is 2.65 bits per heavy atom. The molecule has 1 unspecified atom stereocenters. The Hall–Kier alpha value is -0.870. The smallest absolute Gasteiger partial charge is 0.220 e. The Bertz CT molecular complexity index is 387. The van der Waals surface area contributed by atoms with Crippen molar-refractivity contribution >= 4 is 21.8 Å². The van der Waals surface area contributed by atoms with Crippen molar-refractivity contribution in [3.63, 3.8) is 0 Å². The molecule has 1 aromatic carbocycles. The van der Waals surface area contributed by atoms with Gasteiger partial charge in [0.05, 0.1) is 6.04 Å². The van der Waals surface area contributed by atoms with Gasteiger partial charge in [-0.25, -0.2) is 0 Å². The van der Waals surface area contributed by atoms with Crippen LogP contribution < -0.4 is 10.6 Å². The summed E-state index contributed by atoms with van der Waals surface area (Å²) >= 11 is 3.40. The van der Waals surface area contributed by atoms with Crippen molar-refractivity contribution in [1.29, 1.82) is 0 Å². The van der Waals surface area contributed by atoms with Gasteiger partial charge in [-0.15, -0.1) is 0 Å². The van der Waals surface area contributed by atoms with E-state index in [0.29, 0.717) is 12.3 Å². The van der Waals surface area contributed by atoms with E-state index in [9.17, 15) is 4.79 Å². The number of benzene rings is 1. The van der Waals surface area contributed by atoms with Gasteiger partial charge in [0.1, 0.15) is 0 Å². The van der Waals surface area contributed by atoms with E-state index in [1.165, 1.54) is 0 Å². The maximum Gasteiger partial charge on any atom is 0.220 e. The molecule has 0 bridgehead atoms. The van der Waals surface area contributed by atoms with E-state index >= 15 is 0 Å². The largest absolute Gasteiger partial charge is 0.350 e. The Balaban J connectivity index is 1.84. The first-order valence-corrected chi connectivity index (χ1v) is 6.70. The topological polar surface area (TPSA) is 41.1 Å². The molecule has 2 N–H and O–H groups in total. The van der Waals surface area contributed by atoms with Crippen LogP contribution in [0.3, 0.4) is 0 Å². The molecule has 1 heterocycles. The first-order chi connectivity index (χ1) is 8.15. The second kappa shape index (κ2) is 5.65. The average Bonchev–Trinajstić information content (AvgIpc) is 2.24. The summed E-state index contributed by atoms with van der Waals surface area (Å²) in [6.45, 7) is 3.96. The number of nitrogens with one attached hydrogen (secondary N) is 2. The Morgan fingerprint density at radius 2 is 2.12 bits per heavy atom. The lowest BCUT2D eigenvalue weighted by atomic mass is 9.98. The van der Waals surface area contributed by atoms with Gasteiger partial charge in [-0.05, 0) is 43.6 Å². The number of carbonyl (C=O) groups is 1. The van der Waals surface area contributed by atoms with E-state index in [4.69, 9.17) is 0 Å². The van der Waals surface area contributed by atoms with Crippen LogP contribution in [-0.2, 0) is 4.79 Å². The van der Waals surface area contributed by atoms with Gasteiger partial charge in [0.15, 0.2) is 0 Å². The Morgan fingerprint density at radius 1 is 1.47 bits per heavy atom. The fourth-order valence-corrected chi connectivity index (χ4v) is 2.15. The highest BCUT2D eigenvalue weighted by molar-refractivity contribution is 9.10. The first kappa shape index (κ1) is 12.6. The fraction of sp³-hybridized carbons (Fsp3) is 0.462. The standard InChI is InChI=1S/C13H17BrN2O/c1-9(11-2-4-12(14)5-3-11)16-13(17)6-10-7-15-8-10/h2-5,9-10,15H,6-8H2,1H3,(H,16,17). The van der Waals surface area contributed by atoms with E-state index in [1.807, 2.05) is 31.2 Å². The molecule has 0 aliphatic carbocycles. The SMILES string of the molecule is CC(NC(=O)CC1CNC1)c1ccc(Br)cc1. The van der Waals surface area contributed by atoms with Gasteiger partial charge in [-0.2, -0.15) is 0 Å². The number of carbonyl (C=O) groups excluding carboxylic acids is 1. The van der Waals surface area contributed by atoms with Crippen LogP contribution in [0.5, 0.6) is 0 Å². The maximum atomic E-state index is 11.7. The maximum absolute atomic E-state index is 11.7. The zero-order chi connectivity index (χ0) is 12.3. The molecule has 4 heteroatoms. The Kier molecular flexibility index (Phi) is 4.18. The monoisotopic (exact) mass is 296 g/mol. The molecule has 0 spiro atoms. The predicted octanol–water partition coefficient (Wildman–Crippen LogP) is 2.24. The van der Waals surface area contributed by atoms with E-state index in [0.717, 1.165) is 23.1 Å². The van der Waals surface area contributed by atoms with Crippen LogP contribution in [0.1, 0.15) is 24.9 Å². The van der Waals surface area contributed by atoms with Gasteiger partial charge in [-0.1, -0.05) is 28.1 Å². The molecule has 1 aliphatic rings. The van der Waals surface area contributed by atoms with Gasteiger partial charge < -0.3 is 10.6 Å². The second-order valence-electron chi connectivity index (χ2n) is 4.57. The summed E-state index contributed by atoms with van der Waals surface area (Å²) in [5.41, 5.74) is 1.13. The lowest BCUT2D eigenvalue weighted by Gasteiger charge is -2.27. The van der Waals surface area contributed by atoms with Crippen molar-refractivity contribution in [1.82, 2.24) is 10.6 Å². The van der Waals surface area contributed by atoms with Crippen molar-refractivity contribution < 1.29 is 4.79 Å². The molecule has 1 aliphatic heterocycles. The molecule has 1 saturated heterocycles. The average molecular weight is 297 g/mol. The number of rotatable bonds is 4. The minimum Gasteiger partial charge on any atom is -0.350 e. The molecule has 92 valence electrons. The van der Waals surface area contributed by atoms with Gasteiger partial charge >= 0.3 is 0 Å². The van der Waals surface area contributed by atoms with Crippen LogP contribution in [0.4, 0.5) is 0 Å². The molecule has 1 aromatic rings. The molecule has 1 atom stereocenters.